The van der Waals surface area contributed by atoms with E-state index in [0.717, 1.165) is 18.5 Å². The van der Waals surface area contributed by atoms with E-state index < -0.39 is 11.7 Å². The zero-order chi connectivity index (χ0) is 15.7. The largest absolute Gasteiger partial charge is 0.444 e. The number of nitrogens with zero attached hydrogens (tertiary/aromatic N) is 1. The highest BCUT2D eigenvalue weighted by Crippen LogP contribution is 2.35. The number of amides is 1. The van der Waals surface area contributed by atoms with Crippen LogP contribution in [0.4, 0.5) is 18.9 Å². The van der Waals surface area contributed by atoms with Crippen LogP contribution in [0.1, 0.15) is 5.56 Å². The lowest BCUT2D eigenvalue weighted by molar-refractivity contribution is -0.137. The minimum absolute atomic E-state index is 0.0538. The molecule has 1 aliphatic heterocycles. The Hall–Kier alpha value is -2.35. The monoisotopic (exact) mass is 312 g/mol. The molecule has 1 amide bonds. The SMILES string of the molecule is O=C(Nc1cc(-c2cnco2)cc(C(F)(F)F)c1)C1COC1. The first-order chi connectivity index (χ1) is 10.4. The molecule has 8 heteroatoms. The molecular formula is C14H11F3N2O3. The normalized spacial score (nSPS) is 15.4. The molecule has 0 unspecified atom stereocenters. The van der Waals surface area contributed by atoms with Crippen LogP contribution in [-0.2, 0) is 15.7 Å². The van der Waals surface area contributed by atoms with Crippen LogP contribution in [0.5, 0.6) is 0 Å². The van der Waals surface area contributed by atoms with E-state index in [-0.39, 0.29) is 42.0 Å². The first-order valence-corrected chi connectivity index (χ1v) is 6.43. The van der Waals surface area contributed by atoms with Gasteiger partial charge in [-0.2, -0.15) is 13.2 Å². The van der Waals surface area contributed by atoms with Crippen LogP contribution in [0.2, 0.25) is 0 Å². The van der Waals surface area contributed by atoms with E-state index in [2.05, 4.69) is 10.3 Å². The van der Waals surface area contributed by atoms with Crippen molar-refractivity contribution in [2.45, 2.75) is 6.18 Å². The summed E-state index contributed by atoms with van der Waals surface area (Å²) in [5, 5.41) is 2.48. The topological polar surface area (TPSA) is 64.4 Å². The molecule has 5 nitrogen and oxygen atoms in total. The van der Waals surface area contributed by atoms with E-state index in [1.807, 2.05) is 0 Å². The van der Waals surface area contributed by atoms with Gasteiger partial charge in [0.05, 0.1) is 30.9 Å². The maximum Gasteiger partial charge on any atom is 0.416 e. The van der Waals surface area contributed by atoms with Crippen LogP contribution in [0.15, 0.2) is 35.2 Å². The summed E-state index contributed by atoms with van der Waals surface area (Å²) in [4.78, 5) is 15.5. The van der Waals surface area contributed by atoms with Crippen LogP contribution in [-0.4, -0.2) is 24.1 Å². The van der Waals surface area contributed by atoms with Gasteiger partial charge in [-0.15, -0.1) is 0 Å². The van der Waals surface area contributed by atoms with Crippen molar-refractivity contribution in [3.8, 4) is 11.3 Å². The highest BCUT2D eigenvalue weighted by atomic mass is 19.4. The second kappa shape index (κ2) is 5.45. The lowest BCUT2D eigenvalue weighted by Crippen LogP contribution is -2.38. The molecule has 0 radical (unpaired) electrons. The van der Waals surface area contributed by atoms with Crippen molar-refractivity contribution in [1.29, 1.82) is 0 Å². The molecule has 3 rings (SSSR count). The number of hydrogen-bond donors (Lipinski definition) is 1. The first kappa shape index (κ1) is 14.6. The van der Waals surface area contributed by atoms with Crippen molar-refractivity contribution in [1.82, 2.24) is 4.98 Å². The zero-order valence-corrected chi connectivity index (χ0v) is 11.2. The minimum Gasteiger partial charge on any atom is -0.444 e. The predicted octanol–water partition coefficient (Wildman–Crippen LogP) is 2.95. The molecule has 1 N–H and O–H groups in total. The number of carbonyl (C=O) groups is 1. The molecule has 2 heterocycles. The fourth-order valence-corrected chi connectivity index (χ4v) is 2.00. The van der Waals surface area contributed by atoms with E-state index in [4.69, 9.17) is 9.15 Å². The van der Waals surface area contributed by atoms with Gasteiger partial charge in [-0.3, -0.25) is 4.79 Å². The quantitative estimate of drug-likeness (QED) is 0.946. The molecule has 116 valence electrons. The Morgan fingerprint density at radius 2 is 2.05 bits per heavy atom. The third kappa shape index (κ3) is 2.96. The molecule has 1 saturated heterocycles. The Bertz CT molecular complexity index is 679. The number of carbonyl (C=O) groups excluding carboxylic acids is 1. The summed E-state index contributed by atoms with van der Waals surface area (Å²) in [5.74, 6) is -0.508. The van der Waals surface area contributed by atoms with E-state index >= 15 is 0 Å². The van der Waals surface area contributed by atoms with Gasteiger partial charge in [0.25, 0.3) is 0 Å². The Morgan fingerprint density at radius 3 is 2.59 bits per heavy atom. The van der Waals surface area contributed by atoms with E-state index in [1.165, 1.54) is 12.3 Å². The van der Waals surface area contributed by atoms with Crippen LogP contribution < -0.4 is 5.32 Å². The number of hydrogen-bond acceptors (Lipinski definition) is 4. The summed E-state index contributed by atoms with van der Waals surface area (Å²) in [6, 6.07) is 3.24. The standard InChI is InChI=1S/C14H11F3N2O3/c15-14(16,17)10-1-8(12-4-18-7-22-12)2-11(3-10)19-13(20)9-5-21-6-9/h1-4,7,9H,5-6H2,(H,19,20). The number of aromatic nitrogens is 1. The molecule has 1 fully saturated rings. The molecule has 1 aliphatic rings. The Labute approximate surface area is 123 Å². The molecule has 22 heavy (non-hydrogen) atoms. The van der Waals surface area contributed by atoms with Gasteiger partial charge < -0.3 is 14.5 Å². The molecule has 0 spiro atoms. The van der Waals surface area contributed by atoms with Crippen LogP contribution in [0.25, 0.3) is 11.3 Å². The summed E-state index contributed by atoms with van der Waals surface area (Å²) in [7, 11) is 0. The number of rotatable bonds is 3. The number of nitrogens with one attached hydrogen (secondary N) is 1. The van der Waals surface area contributed by atoms with E-state index in [9.17, 15) is 18.0 Å². The zero-order valence-electron chi connectivity index (χ0n) is 11.2. The van der Waals surface area contributed by atoms with Crippen molar-refractivity contribution < 1.29 is 27.1 Å². The highest BCUT2D eigenvalue weighted by molar-refractivity contribution is 5.93. The molecular weight excluding hydrogens is 301 g/mol. The second-order valence-electron chi connectivity index (χ2n) is 4.89. The average Bonchev–Trinajstić information content (AvgIpc) is 2.88. The molecule has 0 aliphatic carbocycles. The van der Waals surface area contributed by atoms with Crippen molar-refractivity contribution in [3.63, 3.8) is 0 Å². The van der Waals surface area contributed by atoms with Gasteiger partial charge in [-0.25, -0.2) is 4.98 Å². The third-order valence-corrected chi connectivity index (χ3v) is 3.25. The number of benzene rings is 1. The minimum atomic E-state index is -4.53. The number of ether oxygens (including phenoxy) is 1. The molecule has 1 aromatic heterocycles. The summed E-state index contributed by atoms with van der Waals surface area (Å²) in [6.45, 7) is 0.555. The number of anilines is 1. The number of oxazole rings is 1. The lowest BCUT2D eigenvalue weighted by Gasteiger charge is -2.25. The maximum atomic E-state index is 13.0. The van der Waals surface area contributed by atoms with Gasteiger partial charge in [0.2, 0.25) is 5.91 Å². The molecule has 0 saturated carbocycles. The fraction of sp³-hybridized carbons (Fsp3) is 0.286. The van der Waals surface area contributed by atoms with Crippen molar-refractivity contribution in [3.05, 3.63) is 36.4 Å². The fourth-order valence-electron chi connectivity index (χ4n) is 2.00. The van der Waals surface area contributed by atoms with Crippen LogP contribution in [0, 0.1) is 5.92 Å². The van der Waals surface area contributed by atoms with Gasteiger partial charge in [-0.1, -0.05) is 0 Å². The molecule has 0 atom stereocenters. The molecule has 0 bridgehead atoms. The molecule has 1 aromatic carbocycles. The van der Waals surface area contributed by atoms with E-state index in [1.54, 1.807) is 0 Å². The van der Waals surface area contributed by atoms with Crippen LogP contribution in [0.3, 0.4) is 0 Å². The lowest BCUT2D eigenvalue weighted by atomic mass is 10.1. The average molecular weight is 312 g/mol. The van der Waals surface area contributed by atoms with Gasteiger partial charge in [0, 0.05) is 11.3 Å². The van der Waals surface area contributed by atoms with Crippen molar-refractivity contribution in [2.24, 2.45) is 5.92 Å². The summed E-state index contributed by atoms with van der Waals surface area (Å²) in [5.41, 5.74) is -0.632. The Kier molecular flexibility index (Phi) is 3.61. The smallest absolute Gasteiger partial charge is 0.416 e. The Morgan fingerprint density at radius 1 is 1.27 bits per heavy atom. The van der Waals surface area contributed by atoms with Gasteiger partial charge in [0.1, 0.15) is 0 Å². The second-order valence-corrected chi connectivity index (χ2v) is 4.89. The first-order valence-electron chi connectivity index (χ1n) is 6.43. The summed E-state index contributed by atoms with van der Waals surface area (Å²) >= 11 is 0. The van der Waals surface area contributed by atoms with Crippen molar-refractivity contribution >= 4 is 11.6 Å². The predicted molar refractivity (Wildman–Crippen MR) is 69.9 cm³/mol. The van der Waals surface area contributed by atoms with Crippen LogP contribution >= 0.6 is 0 Å². The highest BCUT2D eigenvalue weighted by Gasteiger charge is 2.32. The number of alkyl halides is 3. The summed E-state index contributed by atoms with van der Waals surface area (Å²) in [6.07, 6.45) is -2.10. The van der Waals surface area contributed by atoms with E-state index in [0.29, 0.717) is 0 Å². The number of halogens is 3. The Balaban J connectivity index is 1.94. The van der Waals surface area contributed by atoms with Crippen molar-refractivity contribution in [2.75, 3.05) is 18.5 Å². The third-order valence-electron chi connectivity index (χ3n) is 3.25. The van der Waals surface area contributed by atoms with Gasteiger partial charge in [0.15, 0.2) is 12.2 Å². The summed E-state index contributed by atoms with van der Waals surface area (Å²) < 4.78 is 48.9. The van der Waals surface area contributed by atoms with Gasteiger partial charge >= 0.3 is 6.18 Å². The van der Waals surface area contributed by atoms with Gasteiger partial charge in [-0.05, 0) is 18.2 Å². The molecule has 2 aromatic rings. The maximum absolute atomic E-state index is 13.0.